The summed E-state index contributed by atoms with van der Waals surface area (Å²) >= 11 is 0. The third-order valence-corrected chi connectivity index (χ3v) is 7.12. The first-order valence-electron chi connectivity index (χ1n) is 9.97. The molecule has 2 N–H and O–H groups in total. The molecule has 8 nitrogen and oxygen atoms in total. The van der Waals surface area contributed by atoms with E-state index in [4.69, 9.17) is 0 Å². The third kappa shape index (κ3) is 5.09. The highest BCUT2D eigenvalue weighted by Crippen LogP contribution is 2.20. The van der Waals surface area contributed by atoms with Crippen LogP contribution in [0.2, 0.25) is 0 Å². The lowest BCUT2D eigenvalue weighted by Crippen LogP contribution is -2.38. The number of likely N-dealkylation sites (N-methyl/N-ethyl adjacent to an activating group) is 1. The number of nitrogens with one attached hydrogen (secondary N) is 2. The number of likely N-dealkylation sites (tertiary alicyclic amines) is 1. The zero-order valence-electron chi connectivity index (χ0n) is 17.5. The highest BCUT2D eigenvalue weighted by Gasteiger charge is 2.27. The van der Waals surface area contributed by atoms with E-state index in [1.54, 1.807) is 17.0 Å². The zero-order chi connectivity index (χ0) is 21.9. The van der Waals surface area contributed by atoms with Gasteiger partial charge in [0.05, 0.1) is 6.54 Å². The van der Waals surface area contributed by atoms with Crippen molar-refractivity contribution in [1.82, 2.24) is 14.2 Å². The number of sulfonamides is 1. The van der Waals surface area contributed by atoms with E-state index in [9.17, 15) is 18.0 Å². The van der Waals surface area contributed by atoms with Crippen molar-refractivity contribution in [1.29, 1.82) is 0 Å². The molecule has 9 heteroatoms. The van der Waals surface area contributed by atoms with Gasteiger partial charge in [-0.05, 0) is 49.4 Å². The molecule has 1 aromatic heterocycles. The molecule has 2 aromatic rings. The Morgan fingerprint density at radius 3 is 2.60 bits per heavy atom. The van der Waals surface area contributed by atoms with Gasteiger partial charge in [-0.25, -0.2) is 8.42 Å². The van der Waals surface area contributed by atoms with E-state index in [-0.39, 0.29) is 23.0 Å². The van der Waals surface area contributed by atoms with E-state index in [1.807, 2.05) is 19.1 Å². The number of aromatic nitrogens is 1. The number of aryl methyl sites for hydroxylation is 1. The first kappa shape index (κ1) is 22.0. The van der Waals surface area contributed by atoms with Crippen molar-refractivity contribution in [2.24, 2.45) is 5.92 Å². The molecule has 1 fully saturated rings. The van der Waals surface area contributed by atoms with Crippen molar-refractivity contribution in [3.63, 3.8) is 0 Å². The van der Waals surface area contributed by atoms with Crippen LogP contribution in [0.25, 0.3) is 0 Å². The first-order chi connectivity index (χ1) is 14.2. The van der Waals surface area contributed by atoms with Crippen LogP contribution < -0.4 is 5.32 Å². The van der Waals surface area contributed by atoms with E-state index < -0.39 is 15.9 Å². The number of nitrogens with zero attached hydrogens (tertiary/aromatic N) is 2. The van der Waals surface area contributed by atoms with Crippen molar-refractivity contribution in [3.05, 3.63) is 47.8 Å². The molecule has 162 valence electrons. The lowest BCUT2D eigenvalue weighted by molar-refractivity contribution is -0.116. The van der Waals surface area contributed by atoms with Crippen LogP contribution >= 0.6 is 0 Å². The van der Waals surface area contributed by atoms with Crippen LogP contribution in [0.3, 0.4) is 0 Å². The lowest BCUT2D eigenvalue weighted by atomic mass is 9.99. The molecule has 1 aromatic carbocycles. The smallest absolute Gasteiger partial charge is 0.270 e. The molecule has 2 heterocycles. The van der Waals surface area contributed by atoms with Crippen LogP contribution in [0, 0.1) is 12.8 Å². The van der Waals surface area contributed by atoms with Crippen LogP contribution in [0.15, 0.2) is 41.4 Å². The Hall–Kier alpha value is -2.65. The normalized spacial score (nSPS) is 15.4. The topological polar surface area (TPSA) is 103 Å². The molecule has 2 amide bonds. The second-order valence-electron chi connectivity index (χ2n) is 7.90. The fraction of sp³-hybridized carbons (Fsp3) is 0.429. The van der Waals surface area contributed by atoms with Crippen molar-refractivity contribution in [2.75, 3.05) is 32.0 Å². The van der Waals surface area contributed by atoms with Crippen LogP contribution in [-0.4, -0.2) is 61.1 Å². The number of benzene rings is 1. The Kier molecular flexibility index (Phi) is 6.62. The molecule has 0 unspecified atom stereocenters. The van der Waals surface area contributed by atoms with Gasteiger partial charge in [0.1, 0.15) is 10.6 Å². The predicted octanol–water partition coefficient (Wildman–Crippen LogP) is 2.45. The summed E-state index contributed by atoms with van der Waals surface area (Å²) in [4.78, 5) is 29.4. The SMILES string of the molecule is Cc1cccc(NC(=O)CN(C)S(=O)(=O)c2c[nH]c(C(=O)N3CCC(C)CC3)c2)c1. The molecular weight excluding hydrogens is 404 g/mol. The standard InChI is InChI=1S/C21H28N4O4S/c1-15-7-9-25(10-8-15)21(27)19-12-18(13-22-19)30(28,29)24(3)14-20(26)23-17-6-4-5-16(2)11-17/h4-6,11-13,15,22H,7-10,14H2,1-3H3,(H,23,26). The number of rotatable bonds is 6. The van der Waals surface area contributed by atoms with E-state index in [2.05, 4.69) is 17.2 Å². The van der Waals surface area contributed by atoms with Crippen LogP contribution in [0.4, 0.5) is 5.69 Å². The molecule has 0 bridgehead atoms. The molecule has 3 rings (SSSR count). The minimum absolute atomic E-state index is 0.0397. The summed E-state index contributed by atoms with van der Waals surface area (Å²) in [5, 5.41) is 2.69. The van der Waals surface area contributed by atoms with E-state index in [1.165, 1.54) is 19.3 Å². The number of aromatic amines is 1. The summed E-state index contributed by atoms with van der Waals surface area (Å²) in [5.74, 6) is -0.0580. The van der Waals surface area contributed by atoms with Crippen molar-refractivity contribution < 1.29 is 18.0 Å². The van der Waals surface area contributed by atoms with Crippen molar-refractivity contribution in [3.8, 4) is 0 Å². The van der Waals surface area contributed by atoms with Gasteiger partial charge in [-0.15, -0.1) is 0 Å². The van der Waals surface area contributed by atoms with Gasteiger partial charge in [0.25, 0.3) is 5.91 Å². The number of carbonyl (C=O) groups excluding carboxylic acids is 2. The summed E-state index contributed by atoms with van der Waals surface area (Å²) in [6.45, 7) is 5.06. The average molecular weight is 433 g/mol. The van der Waals surface area contributed by atoms with E-state index >= 15 is 0 Å². The summed E-state index contributed by atoms with van der Waals surface area (Å²) in [7, 11) is -2.58. The summed E-state index contributed by atoms with van der Waals surface area (Å²) < 4.78 is 26.6. The Labute approximate surface area is 177 Å². The van der Waals surface area contributed by atoms with Crippen molar-refractivity contribution >= 4 is 27.5 Å². The number of carbonyl (C=O) groups is 2. The molecule has 0 atom stereocenters. The summed E-state index contributed by atoms with van der Waals surface area (Å²) in [6, 6.07) is 8.60. The molecule has 0 spiro atoms. The molecule has 0 saturated carbocycles. The number of piperidine rings is 1. The van der Waals surface area contributed by atoms with Gasteiger partial charge in [0.15, 0.2) is 0 Å². The Morgan fingerprint density at radius 2 is 1.93 bits per heavy atom. The maximum atomic E-state index is 12.8. The maximum Gasteiger partial charge on any atom is 0.270 e. The van der Waals surface area contributed by atoms with Crippen LogP contribution in [0.1, 0.15) is 35.8 Å². The number of H-pyrrole nitrogens is 1. The Morgan fingerprint density at radius 1 is 1.23 bits per heavy atom. The van der Waals surface area contributed by atoms with Crippen molar-refractivity contribution in [2.45, 2.75) is 31.6 Å². The second-order valence-corrected chi connectivity index (χ2v) is 9.95. The Bertz CT molecular complexity index is 1020. The van der Waals surface area contributed by atoms with Gasteiger partial charge in [0.2, 0.25) is 15.9 Å². The fourth-order valence-electron chi connectivity index (χ4n) is 3.42. The lowest BCUT2D eigenvalue weighted by Gasteiger charge is -2.29. The molecule has 1 aliphatic heterocycles. The first-order valence-corrected chi connectivity index (χ1v) is 11.4. The highest BCUT2D eigenvalue weighted by molar-refractivity contribution is 7.89. The minimum atomic E-state index is -3.92. The van der Waals surface area contributed by atoms with Gasteiger partial charge in [-0.2, -0.15) is 4.31 Å². The molecule has 1 saturated heterocycles. The van der Waals surface area contributed by atoms with Gasteiger partial charge in [-0.3, -0.25) is 9.59 Å². The number of amides is 2. The molecular formula is C21H28N4O4S. The maximum absolute atomic E-state index is 12.8. The largest absolute Gasteiger partial charge is 0.356 e. The van der Waals surface area contributed by atoms with Crippen LogP contribution in [-0.2, 0) is 14.8 Å². The van der Waals surface area contributed by atoms with Gasteiger partial charge >= 0.3 is 0 Å². The number of hydrogen-bond acceptors (Lipinski definition) is 4. The summed E-state index contributed by atoms with van der Waals surface area (Å²) in [6.07, 6.45) is 3.18. The quantitative estimate of drug-likeness (QED) is 0.732. The van der Waals surface area contributed by atoms with E-state index in [0.717, 1.165) is 22.7 Å². The fourth-order valence-corrected chi connectivity index (χ4v) is 4.54. The third-order valence-electron chi connectivity index (χ3n) is 5.33. The van der Waals surface area contributed by atoms with Gasteiger partial charge in [-0.1, -0.05) is 19.1 Å². The molecule has 0 aliphatic carbocycles. The van der Waals surface area contributed by atoms with Gasteiger partial charge in [0, 0.05) is 32.0 Å². The number of anilines is 1. The second kappa shape index (κ2) is 9.01. The monoisotopic (exact) mass is 432 g/mol. The van der Waals surface area contributed by atoms with E-state index in [0.29, 0.717) is 24.7 Å². The predicted molar refractivity (Wildman–Crippen MR) is 115 cm³/mol. The molecule has 0 radical (unpaired) electrons. The average Bonchev–Trinajstić information content (AvgIpc) is 3.19. The van der Waals surface area contributed by atoms with Crippen LogP contribution in [0.5, 0.6) is 0 Å². The molecule has 1 aliphatic rings. The Balaban J connectivity index is 1.64. The molecule has 30 heavy (non-hydrogen) atoms. The number of hydrogen-bond donors (Lipinski definition) is 2. The summed E-state index contributed by atoms with van der Waals surface area (Å²) in [5.41, 5.74) is 1.83. The highest BCUT2D eigenvalue weighted by atomic mass is 32.2. The minimum Gasteiger partial charge on any atom is -0.356 e. The zero-order valence-corrected chi connectivity index (χ0v) is 18.3. The van der Waals surface area contributed by atoms with Gasteiger partial charge < -0.3 is 15.2 Å².